The third-order valence-corrected chi connectivity index (χ3v) is 27.0. The first kappa shape index (κ1) is 64.9. The Kier molecular flexibility index (Phi) is 18.3. The molecule has 2 bridgehead atoms. The number of piperidine rings is 2. The molecule has 2 aromatic heterocycles. The van der Waals surface area contributed by atoms with E-state index >= 15 is 8.78 Å². The van der Waals surface area contributed by atoms with Gasteiger partial charge in [-0.15, -0.1) is 5.54 Å². The van der Waals surface area contributed by atoms with Gasteiger partial charge in [0.25, 0.3) is 5.91 Å². The van der Waals surface area contributed by atoms with Crippen LogP contribution in [0.4, 0.5) is 25.1 Å². The second-order valence-electron chi connectivity index (χ2n) is 28.7. The summed E-state index contributed by atoms with van der Waals surface area (Å²) in [5.74, 6) is 2.57. The maximum Gasteiger partial charge on any atom is 0.410 e. The number of anilines is 2. The number of piperazine rings is 2. The molecule has 1 saturated carbocycles. The van der Waals surface area contributed by atoms with E-state index in [0.717, 1.165) is 102 Å². The van der Waals surface area contributed by atoms with E-state index in [1.807, 2.05) is 37.8 Å². The summed E-state index contributed by atoms with van der Waals surface area (Å²) in [5, 5.41) is 3.59. The van der Waals surface area contributed by atoms with Crippen molar-refractivity contribution in [1.29, 1.82) is 0 Å². The Morgan fingerprint density at radius 3 is 2.13 bits per heavy atom. The van der Waals surface area contributed by atoms with Crippen LogP contribution in [0.5, 0.6) is 17.6 Å². The molecule has 1 N–H and O–H groups in total. The molecule has 7 aliphatic rings. The monoisotopic (exact) mass is 1280 g/mol. The fourth-order valence-corrected chi connectivity index (χ4v) is 21.0. The summed E-state index contributed by atoms with van der Waals surface area (Å²) in [5.41, 5.74) is 6.52. The molecule has 3 unspecified atom stereocenters. The van der Waals surface area contributed by atoms with Gasteiger partial charge in [0.2, 0.25) is 17.7 Å². The Balaban J connectivity index is 0.785. The third-order valence-electron chi connectivity index (χ3n) is 20.7. The SMILES string of the molecule is COCOc1cc(-c2nc(OC)c3c(N4CC5CCC(C4)N5C(=O)OC(C)(C)C)nc(OCC4(CN5CCN(CC6CCN(c7ccc8c(c7)CN(C7CCC(=O)NC7=O)C8=O)CC6)CC5)CC4)nc3c2F)c2c(C#C[Si](C(C)C)(C(C)C)C(C)C)c(F)ccc2c1. The molecule has 5 saturated heterocycles. The topological polar surface area (TPSA) is 185 Å². The van der Waals surface area contributed by atoms with E-state index in [4.69, 9.17) is 38.6 Å². The number of aromatic nitrogens is 3. The van der Waals surface area contributed by atoms with Gasteiger partial charge in [-0.25, -0.2) is 18.6 Å². The van der Waals surface area contributed by atoms with E-state index in [2.05, 4.69) is 84.0 Å². The zero-order chi connectivity index (χ0) is 65.1. The van der Waals surface area contributed by atoms with Gasteiger partial charge in [0.05, 0.1) is 31.4 Å². The molecule has 4 amide bonds. The number of carbonyl (C=O) groups excluding carboxylic acids is 4. The molecule has 0 spiro atoms. The van der Waals surface area contributed by atoms with Gasteiger partial charge in [0, 0.05) is 113 Å². The maximum absolute atomic E-state index is 18.5. The van der Waals surface area contributed by atoms with E-state index in [1.54, 1.807) is 23.1 Å². The summed E-state index contributed by atoms with van der Waals surface area (Å²) in [4.78, 5) is 79.7. The van der Waals surface area contributed by atoms with Gasteiger partial charge in [-0.2, -0.15) is 9.97 Å². The summed E-state index contributed by atoms with van der Waals surface area (Å²) in [7, 11) is 0.606. The number of benzene rings is 3. The van der Waals surface area contributed by atoms with Gasteiger partial charge in [0.15, 0.2) is 12.6 Å². The smallest absolute Gasteiger partial charge is 0.410 e. The number of carbonyl (C=O) groups is 4. The summed E-state index contributed by atoms with van der Waals surface area (Å²) < 4.78 is 65.5. The number of methoxy groups -OCH3 is 2. The highest BCUT2D eigenvalue weighted by atomic mass is 28.3. The maximum atomic E-state index is 18.5. The van der Waals surface area contributed by atoms with Crippen molar-refractivity contribution in [3.05, 3.63) is 70.8 Å². The van der Waals surface area contributed by atoms with Gasteiger partial charge in [-0.1, -0.05) is 53.5 Å². The number of ether oxygens (including phenoxy) is 5. The third kappa shape index (κ3) is 12.8. The number of imide groups is 1. The minimum Gasteiger partial charge on any atom is -0.480 e. The average molecular weight is 1280 g/mol. The molecule has 0 radical (unpaired) electrons. The zero-order valence-electron chi connectivity index (χ0n) is 55.4. The Bertz CT molecular complexity index is 3700. The highest BCUT2D eigenvalue weighted by Crippen LogP contribution is 2.49. The lowest BCUT2D eigenvalue weighted by molar-refractivity contribution is -0.136. The lowest BCUT2D eigenvalue weighted by Gasteiger charge is -2.42. The van der Waals surface area contributed by atoms with Crippen LogP contribution in [0, 0.1) is 34.4 Å². The molecule has 92 heavy (non-hydrogen) atoms. The molecule has 8 heterocycles. The van der Waals surface area contributed by atoms with E-state index in [0.29, 0.717) is 66.5 Å². The van der Waals surface area contributed by atoms with Crippen LogP contribution in [0.3, 0.4) is 0 Å². The van der Waals surface area contributed by atoms with Crippen molar-refractivity contribution in [2.75, 3.05) is 103 Å². The minimum absolute atomic E-state index is 0.00866. The Morgan fingerprint density at radius 1 is 0.793 bits per heavy atom. The number of hydrogen-bond donors (Lipinski definition) is 1. The average Bonchev–Trinajstić information content (AvgIpc) is 0.758. The van der Waals surface area contributed by atoms with Crippen LogP contribution >= 0.6 is 0 Å². The number of pyridine rings is 1. The molecule has 3 atom stereocenters. The molecule has 6 fully saturated rings. The first-order valence-electron chi connectivity index (χ1n) is 33.2. The van der Waals surface area contributed by atoms with Crippen LogP contribution in [0.1, 0.15) is 135 Å². The molecule has 6 aliphatic heterocycles. The van der Waals surface area contributed by atoms with Gasteiger partial charge >= 0.3 is 12.1 Å². The van der Waals surface area contributed by atoms with Crippen molar-refractivity contribution < 1.29 is 51.6 Å². The molecule has 3 aromatic carbocycles. The molecule has 5 aromatic rings. The largest absolute Gasteiger partial charge is 0.480 e. The van der Waals surface area contributed by atoms with E-state index in [-0.39, 0.29) is 105 Å². The number of halogens is 2. The van der Waals surface area contributed by atoms with Crippen molar-refractivity contribution in [2.24, 2.45) is 11.3 Å². The number of fused-ring (bicyclic) bond motifs is 5. The number of nitrogens with zero attached hydrogens (tertiary/aromatic N) is 9. The fraction of sp³-hybridized carbons (Fsp3) is 0.586. The summed E-state index contributed by atoms with van der Waals surface area (Å²) in [6.45, 7) is 27.7. The molecule has 22 heteroatoms. The van der Waals surface area contributed by atoms with Crippen molar-refractivity contribution in [3.8, 4) is 40.4 Å². The number of rotatable bonds is 18. The normalized spacial score (nSPS) is 21.4. The van der Waals surface area contributed by atoms with Crippen LogP contribution in [-0.4, -0.2) is 183 Å². The Hall–Kier alpha value is -7.19. The number of amides is 4. The molecule has 19 nitrogen and oxygen atoms in total. The second-order valence-corrected chi connectivity index (χ2v) is 34.3. The van der Waals surface area contributed by atoms with Gasteiger partial charge in [0.1, 0.15) is 53.7 Å². The van der Waals surface area contributed by atoms with E-state index < -0.39 is 37.3 Å². The van der Waals surface area contributed by atoms with Crippen molar-refractivity contribution >= 4 is 65.1 Å². The summed E-state index contributed by atoms with van der Waals surface area (Å²) >= 11 is 0. The molecule has 12 rings (SSSR count). The zero-order valence-corrected chi connectivity index (χ0v) is 56.4. The molecular weight excluding hydrogens is 1190 g/mol. The predicted octanol–water partition coefficient (Wildman–Crippen LogP) is 10.7. The lowest BCUT2D eigenvalue weighted by Crippen LogP contribution is -2.57. The van der Waals surface area contributed by atoms with E-state index in [1.165, 1.54) is 20.3 Å². The second kappa shape index (κ2) is 26.0. The van der Waals surface area contributed by atoms with Gasteiger partial charge < -0.3 is 48.2 Å². The van der Waals surface area contributed by atoms with E-state index in [9.17, 15) is 19.2 Å². The molecule has 492 valence electrons. The summed E-state index contributed by atoms with van der Waals surface area (Å²) in [6, 6.07) is 11.5. The highest BCUT2D eigenvalue weighted by molar-refractivity contribution is 6.90. The van der Waals surface area contributed by atoms with Crippen LogP contribution in [0.2, 0.25) is 16.6 Å². The van der Waals surface area contributed by atoms with Crippen LogP contribution in [-0.2, 0) is 25.6 Å². The van der Waals surface area contributed by atoms with Crippen LogP contribution in [0.25, 0.3) is 32.9 Å². The van der Waals surface area contributed by atoms with Crippen LogP contribution < -0.4 is 29.3 Å². The van der Waals surface area contributed by atoms with Crippen LogP contribution in [0.15, 0.2) is 42.5 Å². The van der Waals surface area contributed by atoms with Crippen molar-refractivity contribution in [2.45, 2.75) is 161 Å². The predicted molar refractivity (Wildman–Crippen MR) is 352 cm³/mol. The number of nitrogens with one attached hydrogen (secondary N) is 1. The molecular formula is C70H90F2N10O9Si. The fourth-order valence-electron chi connectivity index (χ4n) is 15.8. The standard InChI is InChI=1S/C70H90F2N10O9Si/c1-42(2)92(43(3)4,44(5)6)31-22-53-55(71)17-12-46-33-51(90-41-87-10)34-54(58(46)53)61-60(72)62-59(65(74-61)88-11)63(80-37-49-13-14-50(38-80)82(49)68(86)91-69(7,8)9)76-67(75-62)89-40-70(23-24-70)39-78-29-27-77(28-30-78)35-45-20-25-79(26-21-45)48-15-16-52-47(32-48)36-81(66(52)85)56-18-19-57(83)73-64(56)84/h12,15-17,32-34,42-45,49-50,56H,13-14,18-21,23-30,35-41H2,1-11H3,(H,73,83,84). The minimum atomic E-state index is -2.39. The van der Waals surface area contributed by atoms with Gasteiger partial charge in [-0.3, -0.25) is 24.6 Å². The van der Waals surface area contributed by atoms with Crippen molar-refractivity contribution in [3.63, 3.8) is 0 Å². The molecule has 1 aliphatic carbocycles. The Labute approximate surface area is 540 Å². The van der Waals surface area contributed by atoms with Gasteiger partial charge in [-0.05, 0) is 136 Å². The summed E-state index contributed by atoms with van der Waals surface area (Å²) in [6.07, 6.45) is 5.77. The Morgan fingerprint density at radius 2 is 1.49 bits per heavy atom. The lowest BCUT2D eigenvalue weighted by atomic mass is 9.95. The highest BCUT2D eigenvalue weighted by Gasteiger charge is 2.48. The first-order chi connectivity index (χ1) is 44.0. The number of hydrogen-bond acceptors (Lipinski definition) is 16. The first-order valence-corrected chi connectivity index (χ1v) is 35.4. The quantitative estimate of drug-likeness (QED) is 0.0378. The van der Waals surface area contributed by atoms with Crippen molar-refractivity contribution in [1.82, 2.24) is 39.9 Å².